The van der Waals surface area contributed by atoms with Crippen LogP contribution in [0.2, 0.25) is 0 Å². The first kappa shape index (κ1) is 14.4. The molecule has 0 aliphatic rings. The number of halogens is 7. The van der Waals surface area contributed by atoms with E-state index >= 15 is 0 Å². The second-order valence-electron chi connectivity index (χ2n) is 3.22. The van der Waals surface area contributed by atoms with Crippen LogP contribution in [0.5, 0.6) is 5.75 Å². The van der Waals surface area contributed by atoms with Crippen molar-refractivity contribution >= 4 is 5.69 Å². The zero-order valence-electron chi connectivity index (χ0n) is 8.44. The van der Waals surface area contributed by atoms with Crippen LogP contribution in [-0.2, 0) is 0 Å². The second-order valence-corrected chi connectivity index (χ2v) is 3.22. The smallest absolute Gasteiger partial charge is 0.426 e. The number of alkyl halides is 6. The van der Waals surface area contributed by atoms with E-state index in [1.807, 2.05) is 0 Å². The minimum atomic E-state index is -5.73. The summed E-state index contributed by atoms with van der Waals surface area (Å²) < 4.78 is 90.2. The molecule has 18 heavy (non-hydrogen) atoms. The lowest BCUT2D eigenvalue weighted by molar-refractivity contribution is -0.342. The molecule has 0 spiro atoms. The van der Waals surface area contributed by atoms with Crippen molar-refractivity contribution in [3.8, 4) is 5.75 Å². The molecule has 1 rings (SSSR count). The first-order valence-electron chi connectivity index (χ1n) is 4.35. The highest BCUT2D eigenvalue weighted by molar-refractivity contribution is 5.52. The summed E-state index contributed by atoms with van der Waals surface area (Å²) in [6, 6.07) is 1.80. The second kappa shape index (κ2) is 4.54. The molecule has 0 radical (unpaired) electrons. The van der Waals surface area contributed by atoms with Crippen molar-refractivity contribution in [3.63, 3.8) is 0 Å². The molecule has 0 bridgehead atoms. The molecule has 2 nitrogen and oxygen atoms in total. The third kappa shape index (κ3) is 2.59. The van der Waals surface area contributed by atoms with Gasteiger partial charge in [0.05, 0.1) is 5.69 Å². The van der Waals surface area contributed by atoms with Gasteiger partial charge in [-0.3, -0.25) is 0 Å². The molecule has 1 aromatic carbocycles. The average molecular weight is 277 g/mol. The summed E-state index contributed by atoms with van der Waals surface area (Å²) in [6.07, 6.45) is -10.2. The zero-order valence-corrected chi connectivity index (χ0v) is 8.44. The first-order valence-corrected chi connectivity index (χ1v) is 4.35. The maximum Gasteiger partial charge on any atom is 0.470 e. The van der Waals surface area contributed by atoms with E-state index in [9.17, 15) is 30.7 Å². The van der Waals surface area contributed by atoms with Gasteiger partial charge >= 0.3 is 18.5 Å². The van der Waals surface area contributed by atoms with E-state index in [0.717, 1.165) is 12.1 Å². The molecule has 0 heterocycles. The van der Waals surface area contributed by atoms with Gasteiger partial charge in [-0.1, -0.05) is 0 Å². The highest BCUT2D eigenvalue weighted by Gasteiger charge is 2.66. The number of ether oxygens (including phenoxy) is 1. The molecular weight excluding hydrogens is 271 g/mol. The van der Waals surface area contributed by atoms with E-state index in [-0.39, 0.29) is 6.07 Å². The van der Waals surface area contributed by atoms with Crippen molar-refractivity contribution in [2.24, 2.45) is 0 Å². The Labute approximate surface area is 96.1 Å². The van der Waals surface area contributed by atoms with Gasteiger partial charge in [0.25, 0.3) is 0 Å². The molecule has 0 aromatic heterocycles. The van der Waals surface area contributed by atoms with Crippen molar-refractivity contribution in [1.82, 2.24) is 0 Å². The third-order valence-electron chi connectivity index (χ3n) is 1.88. The molecule has 2 N–H and O–H groups in total. The number of benzene rings is 1. The Morgan fingerprint density at radius 3 is 2.17 bits per heavy atom. The summed E-state index contributed by atoms with van der Waals surface area (Å²) in [5, 5.41) is 0. The highest BCUT2D eigenvalue weighted by atomic mass is 19.3. The lowest BCUT2D eigenvalue weighted by atomic mass is 10.2. The molecule has 9 heteroatoms. The van der Waals surface area contributed by atoms with Gasteiger partial charge in [-0.25, -0.2) is 13.2 Å². The van der Waals surface area contributed by atoms with Gasteiger partial charge in [0, 0.05) is 6.07 Å². The number of rotatable bonds is 4. The van der Waals surface area contributed by atoms with Gasteiger partial charge in [0.1, 0.15) is 5.82 Å². The van der Waals surface area contributed by atoms with Crippen molar-refractivity contribution < 1.29 is 35.5 Å². The maximum absolute atomic E-state index is 12.8. The molecule has 0 aliphatic heterocycles. The molecular formula is C9H6F7NO. The number of nitrogens with two attached hydrogens (primary N) is 1. The van der Waals surface area contributed by atoms with Crippen LogP contribution in [0.3, 0.4) is 0 Å². The SMILES string of the molecule is Nc1ccc(F)cc1OC(F)(F)C(F)(F)C(F)F. The molecule has 0 amide bonds. The van der Waals surface area contributed by atoms with E-state index in [1.165, 1.54) is 0 Å². The zero-order chi connectivity index (χ0) is 14.1. The number of hydrogen-bond acceptors (Lipinski definition) is 2. The van der Waals surface area contributed by atoms with Crippen molar-refractivity contribution in [2.45, 2.75) is 18.5 Å². The van der Waals surface area contributed by atoms with Crippen LogP contribution in [-0.4, -0.2) is 18.5 Å². The molecule has 0 saturated carbocycles. The lowest BCUT2D eigenvalue weighted by Crippen LogP contribution is -2.50. The summed E-state index contributed by atoms with van der Waals surface area (Å²) >= 11 is 0. The third-order valence-corrected chi connectivity index (χ3v) is 1.88. The van der Waals surface area contributed by atoms with Gasteiger partial charge in [-0.15, -0.1) is 0 Å². The number of hydrogen-bond donors (Lipinski definition) is 1. The normalized spacial score (nSPS) is 12.9. The summed E-state index contributed by atoms with van der Waals surface area (Å²) in [4.78, 5) is 0. The van der Waals surface area contributed by atoms with Crippen LogP contribution in [0.4, 0.5) is 36.4 Å². The van der Waals surface area contributed by atoms with E-state index < -0.39 is 35.7 Å². The van der Waals surface area contributed by atoms with Crippen LogP contribution in [0, 0.1) is 5.82 Å². The van der Waals surface area contributed by atoms with E-state index in [1.54, 1.807) is 0 Å². The molecule has 0 aliphatic carbocycles. The van der Waals surface area contributed by atoms with Crippen molar-refractivity contribution in [1.29, 1.82) is 0 Å². The van der Waals surface area contributed by atoms with Gasteiger partial charge in [-0.05, 0) is 12.1 Å². The van der Waals surface area contributed by atoms with Gasteiger partial charge in [0.2, 0.25) is 0 Å². The predicted octanol–water partition coefficient (Wildman–Crippen LogP) is 3.28. The Hall–Kier alpha value is -1.67. The summed E-state index contributed by atoms with van der Waals surface area (Å²) in [6.45, 7) is 0. The van der Waals surface area contributed by atoms with Crippen molar-refractivity contribution in [3.05, 3.63) is 24.0 Å². The molecule has 0 unspecified atom stereocenters. The van der Waals surface area contributed by atoms with Crippen LogP contribution in [0.1, 0.15) is 0 Å². The van der Waals surface area contributed by atoms with E-state index in [2.05, 4.69) is 4.74 Å². The first-order chi connectivity index (χ1) is 8.08. The average Bonchev–Trinajstić information content (AvgIpc) is 2.22. The van der Waals surface area contributed by atoms with Crippen molar-refractivity contribution in [2.75, 3.05) is 5.73 Å². The van der Waals surface area contributed by atoms with Gasteiger partial charge in [0.15, 0.2) is 5.75 Å². The van der Waals surface area contributed by atoms with E-state index in [4.69, 9.17) is 5.73 Å². The molecule has 0 fully saturated rings. The molecule has 0 atom stereocenters. The standard InChI is InChI=1S/C9H6F7NO/c10-4-1-2-5(17)6(3-4)18-9(15,16)8(13,14)7(11)12/h1-3,7H,17H2. The fraction of sp³-hybridized carbons (Fsp3) is 0.333. The molecule has 1 aromatic rings. The maximum atomic E-state index is 12.8. The van der Waals surface area contributed by atoms with Gasteiger partial charge in [-0.2, -0.15) is 17.6 Å². The minimum Gasteiger partial charge on any atom is -0.426 e. The Morgan fingerprint density at radius 2 is 1.67 bits per heavy atom. The van der Waals surface area contributed by atoms with Crippen LogP contribution >= 0.6 is 0 Å². The Kier molecular flexibility index (Phi) is 3.63. The fourth-order valence-electron chi connectivity index (χ4n) is 0.930. The van der Waals surface area contributed by atoms with Crippen LogP contribution in [0.15, 0.2) is 18.2 Å². The summed E-state index contributed by atoms with van der Waals surface area (Å²) in [7, 11) is 0. The van der Waals surface area contributed by atoms with E-state index in [0.29, 0.717) is 0 Å². The summed E-state index contributed by atoms with van der Waals surface area (Å²) in [5.74, 6) is -7.98. The topological polar surface area (TPSA) is 35.2 Å². The minimum absolute atomic E-state index is 0.283. The summed E-state index contributed by atoms with van der Waals surface area (Å²) in [5.41, 5.74) is 4.46. The largest absolute Gasteiger partial charge is 0.470 e. The number of anilines is 1. The molecule has 102 valence electrons. The fourth-order valence-corrected chi connectivity index (χ4v) is 0.930. The Balaban J connectivity index is 3.05. The monoisotopic (exact) mass is 277 g/mol. The molecule has 0 saturated heterocycles. The quantitative estimate of drug-likeness (QED) is 0.677. The predicted molar refractivity (Wildman–Crippen MR) is 47.3 cm³/mol. The Bertz CT molecular complexity index is 435. The van der Waals surface area contributed by atoms with Gasteiger partial charge < -0.3 is 10.5 Å². The van der Waals surface area contributed by atoms with Crippen LogP contribution < -0.4 is 10.5 Å². The Morgan fingerprint density at radius 1 is 1.11 bits per heavy atom. The highest BCUT2D eigenvalue weighted by Crippen LogP contribution is 2.41. The number of nitrogen functional groups attached to an aromatic ring is 1. The van der Waals surface area contributed by atoms with Crippen LogP contribution in [0.25, 0.3) is 0 Å². The lowest BCUT2D eigenvalue weighted by Gasteiger charge is -2.26.